The van der Waals surface area contributed by atoms with Gasteiger partial charge in [-0.15, -0.1) is 0 Å². The van der Waals surface area contributed by atoms with E-state index in [-0.39, 0.29) is 5.91 Å². The molecule has 3 heteroatoms. The first-order chi connectivity index (χ1) is 6.96. The second kappa shape index (κ2) is 5.33. The molecule has 0 aliphatic carbocycles. The summed E-state index contributed by atoms with van der Waals surface area (Å²) in [7, 11) is 0. The number of likely N-dealkylation sites (tertiary alicyclic amines) is 1. The smallest absolute Gasteiger partial charge is 0.239 e. The van der Waals surface area contributed by atoms with E-state index < -0.39 is 4.32 Å². The number of nitrogens with zero attached hydrogens (tertiary/aromatic N) is 1. The van der Waals surface area contributed by atoms with Gasteiger partial charge >= 0.3 is 0 Å². The molecule has 0 aromatic carbocycles. The zero-order valence-electron chi connectivity index (χ0n) is 10.1. The summed E-state index contributed by atoms with van der Waals surface area (Å²) in [5.74, 6) is 0.251. The van der Waals surface area contributed by atoms with Gasteiger partial charge in [-0.2, -0.15) is 0 Å². The number of hydrogen-bond acceptors (Lipinski definition) is 1. The van der Waals surface area contributed by atoms with Crippen LogP contribution >= 0.6 is 15.9 Å². The second-order valence-corrected chi connectivity index (χ2v) is 6.89. The Balaban J connectivity index is 2.67. The molecule has 88 valence electrons. The predicted molar refractivity (Wildman–Crippen MR) is 67.3 cm³/mol. The minimum atomic E-state index is -0.406. The fourth-order valence-corrected chi connectivity index (χ4v) is 2.47. The van der Waals surface area contributed by atoms with Crippen molar-refractivity contribution in [2.45, 2.75) is 63.2 Å². The van der Waals surface area contributed by atoms with Crippen molar-refractivity contribution in [1.29, 1.82) is 0 Å². The average Bonchev–Trinajstić information content (AvgIpc) is 2.17. The number of alkyl halides is 1. The van der Waals surface area contributed by atoms with E-state index in [4.69, 9.17) is 0 Å². The third kappa shape index (κ3) is 3.47. The summed E-state index contributed by atoms with van der Waals surface area (Å²) in [6, 6.07) is 0.480. The largest absolute Gasteiger partial charge is 0.339 e. The topological polar surface area (TPSA) is 20.3 Å². The number of rotatable bonds is 3. The lowest BCUT2D eigenvalue weighted by atomic mass is 9.96. The molecule has 1 heterocycles. The molecular weight excluding hydrogens is 254 g/mol. The standard InChI is InChI=1S/C12H22BrNO/c1-4-7-10-8-5-6-9-14(10)11(15)12(2,3)13/h10H,4-9H2,1-3H3. The van der Waals surface area contributed by atoms with Crippen molar-refractivity contribution in [1.82, 2.24) is 4.90 Å². The molecule has 15 heavy (non-hydrogen) atoms. The van der Waals surface area contributed by atoms with Crippen LogP contribution in [0, 0.1) is 0 Å². The molecule has 0 bridgehead atoms. The van der Waals surface area contributed by atoms with Crippen LogP contribution in [0.15, 0.2) is 0 Å². The molecule has 1 aliphatic rings. The molecule has 2 nitrogen and oxygen atoms in total. The molecule has 0 aromatic heterocycles. The van der Waals surface area contributed by atoms with E-state index in [1.165, 1.54) is 12.8 Å². The van der Waals surface area contributed by atoms with Crippen molar-refractivity contribution < 1.29 is 4.79 Å². The van der Waals surface area contributed by atoms with Gasteiger partial charge in [0.1, 0.15) is 0 Å². The molecule has 1 unspecified atom stereocenters. The normalized spacial score (nSPS) is 22.9. The third-order valence-corrected chi connectivity index (χ3v) is 3.36. The lowest BCUT2D eigenvalue weighted by Gasteiger charge is -2.38. The van der Waals surface area contributed by atoms with Gasteiger partial charge in [0.15, 0.2) is 0 Å². The van der Waals surface area contributed by atoms with Crippen LogP contribution in [0.25, 0.3) is 0 Å². The summed E-state index contributed by atoms with van der Waals surface area (Å²) < 4.78 is -0.406. The highest BCUT2D eigenvalue weighted by Gasteiger charge is 2.34. The van der Waals surface area contributed by atoms with Gasteiger partial charge in [-0.1, -0.05) is 29.3 Å². The SMILES string of the molecule is CCCC1CCCCN1C(=O)C(C)(C)Br. The quantitative estimate of drug-likeness (QED) is 0.724. The first-order valence-corrected chi connectivity index (χ1v) is 6.76. The zero-order valence-corrected chi connectivity index (χ0v) is 11.6. The number of hydrogen-bond donors (Lipinski definition) is 0. The predicted octanol–water partition coefficient (Wildman–Crippen LogP) is 3.34. The molecule has 0 N–H and O–H groups in total. The Morgan fingerprint density at radius 3 is 2.67 bits per heavy atom. The van der Waals surface area contributed by atoms with Gasteiger partial charge in [0.05, 0.1) is 4.32 Å². The maximum absolute atomic E-state index is 12.2. The average molecular weight is 276 g/mol. The monoisotopic (exact) mass is 275 g/mol. The Hall–Kier alpha value is -0.0500. The van der Waals surface area contributed by atoms with Crippen LogP contribution in [0.2, 0.25) is 0 Å². The molecule has 0 radical (unpaired) electrons. The molecule has 0 spiro atoms. The highest BCUT2D eigenvalue weighted by atomic mass is 79.9. The fraction of sp³-hybridized carbons (Fsp3) is 0.917. The first kappa shape index (κ1) is 13.0. The van der Waals surface area contributed by atoms with Crippen molar-refractivity contribution >= 4 is 21.8 Å². The van der Waals surface area contributed by atoms with Crippen molar-refractivity contribution in [3.8, 4) is 0 Å². The van der Waals surface area contributed by atoms with Crippen LogP contribution in [0.4, 0.5) is 0 Å². The van der Waals surface area contributed by atoms with Crippen LogP contribution in [0.1, 0.15) is 52.9 Å². The first-order valence-electron chi connectivity index (χ1n) is 5.96. The molecule has 0 saturated carbocycles. The van der Waals surface area contributed by atoms with Gasteiger partial charge in [0.2, 0.25) is 5.91 Å². The summed E-state index contributed by atoms with van der Waals surface area (Å²) >= 11 is 3.47. The Kier molecular flexibility index (Phi) is 4.63. The van der Waals surface area contributed by atoms with Crippen molar-refractivity contribution in [2.75, 3.05) is 6.54 Å². The van der Waals surface area contributed by atoms with Crippen LogP contribution in [0.3, 0.4) is 0 Å². The molecular formula is C12H22BrNO. The van der Waals surface area contributed by atoms with Gasteiger partial charge in [-0.05, 0) is 39.5 Å². The van der Waals surface area contributed by atoms with Crippen LogP contribution in [-0.2, 0) is 4.79 Å². The summed E-state index contributed by atoms with van der Waals surface area (Å²) in [5, 5.41) is 0. The molecule has 1 aliphatic heterocycles. The summed E-state index contributed by atoms with van der Waals surface area (Å²) in [6.07, 6.45) is 5.93. The van der Waals surface area contributed by atoms with E-state index in [2.05, 4.69) is 27.8 Å². The highest BCUT2D eigenvalue weighted by Crippen LogP contribution is 2.27. The Bertz CT molecular complexity index is 220. The fourth-order valence-electron chi connectivity index (χ4n) is 2.24. The summed E-state index contributed by atoms with van der Waals surface area (Å²) in [6.45, 7) is 7.01. The van der Waals surface area contributed by atoms with E-state index in [9.17, 15) is 4.79 Å². The van der Waals surface area contributed by atoms with Gasteiger partial charge in [0.25, 0.3) is 0 Å². The van der Waals surface area contributed by atoms with E-state index in [0.29, 0.717) is 6.04 Å². The van der Waals surface area contributed by atoms with Gasteiger partial charge in [0, 0.05) is 12.6 Å². The zero-order chi connectivity index (χ0) is 11.5. The number of piperidine rings is 1. The number of carbonyl (C=O) groups excluding carboxylic acids is 1. The van der Waals surface area contributed by atoms with Gasteiger partial charge in [-0.25, -0.2) is 0 Å². The van der Waals surface area contributed by atoms with Gasteiger partial charge < -0.3 is 4.90 Å². The number of amides is 1. The third-order valence-electron chi connectivity index (χ3n) is 3.02. The molecule has 0 aromatic rings. The lowest BCUT2D eigenvalue weighted by Crippen LogP contribution is -2.49. The maximum Gasteiger partial charge on any atom is 0.239 e. The molecule has 1 amide bonds. The van der Waals surface area contributed by atoms with E-state index in [0.717, 1.165) is 25.8 Å². The maximum atomic E-state index is 12.2. The molecule has 1 atom stereocenters. The van der Waals surface area contributed by atoms with Crippen molar-refractivity contribution in [2.24, 2.45) is 0 Å². The Morgan fingerprint density at radius 1 is 1.47 bits per heavy atom. The van der Waals surface area contributed by atoms with Crippen molar-refractivity contribution in [3.05, 3.63) is 0 Å². The minimum Gasteiger partial charge on any atom is -0.339 e. The van der Waals surface area contributed by atoms with Crippen LogP contribution < -0.4 is 0 Å². The van der Waals surface area contributed by atoms with Crippen molar-refractivity contribution in [3.63, 3.8) is 0 Å². The molecule has 1 saturated heterocycles. The molecule has 1 fully saturated rings. The Labute approximate surface area is 102 Å². The van der Waals surface area contributed by atoms with Crippen LogP contribution in [-0.4, -0.2) is 27.7 Å². The van der Waals surface area contributed by atoms with Gasteiger partial charge in [-0.3, -0.25) is 4.79 Å². The highest BCUT2D eigenvalue weighted by molar-refractivity contribution is 9.10. The Morgan fingerprint density at radius 2 is 2.13 bits per heavy atom. The summed E-state index contributed by atoms with van der Waals surface area (Å²) in [5.41, 5.74) is 0. The second-order valence-electron chi connectivity index (χ2n) is 4.91. The van der Waals surface area contributed by atoms with E-state index in [1.807, 2.05) is 13.8 Å². The van der Waals surface area contributed by atoms with Crippen LogP contribution in [0.5, 0.6) is 0 Å². The summed E-state index contributed by atoms with van der Waals surface area (Å²) in [4.78, 5) is 14.3. The lowest BCUT2D eigenvalue weighted by molar-refractivity contribution is -0.136. The molecule has 1 rings (SSSR count). The van der Waals surface area contributed by atoms with E-state index >= 15 is 0 Å². The number of halogens is 1. The number of carbonyl (C=O) groups is 1. The minimum absolute atomic E-state index is 0.251. The van der Waals surface area contributed by atoms with E-state index in [1.54, 1.807) is 0 Å².